The normalized spacial score (nSPS) is 44.5. The van der Waals surface area contributed by atoms with E-state index in [0.717, 1.165) is 0 Å². The molecule has 266 valence electrons. The Balaban J connectivity index is 1.47. The van der Waals surface area contributed by atoms with Crippen LogP contribution in [-0.2, 0) is 47.6 Å². The Kier molecular flexibility index (Phi) is 8.01. The van der Waals surface area contributed by atoms with Gasteiger partial charge in [-0.3, -0.25) is 14.4 Å². The Morgan fingerprint density at radius 2 is 1.73 bits per heavy atom. The van der Waals surface area contributed by atoms with Crippen molar-refractivity contribution in [1.29, 1.82) is 0 Å². The van der Waals surface area contributed by atoms with Crippen molar-refractivity contribution in [3.05, 3.63) is 29.8 Å². The summed E-state index contributed by atoms with van der Waals surface area (Å²) < 4.78 is 41.6. The van der Waals surface area contributed by atoms with Crippen molar-refractivity contribution in [3.8, 4) is 5.75 Å². The van der Waals surface area contributed by atoms with Crippen LogP contribution in [0.1, 0.15) is 43.5 Å². The van der Waals surface area contributed by atoms with Crippen molar-refractivity contribution in [2.24, 2.45) is 39.7 Å². The van der Waals surface area contributed by atoms with Gasteiger partial charge in [-0.1, -0.05) is 5.16 Å². The highest BCUT2D eigenvalue weighted by Crippen LogP contribution is 2.79. The second kappa shape index (κ2) is 11.5. The Hall–Kier alpha value is -3.46. The molecule has 0 aromatic heterocycles. The van der Waals surface area contributed by atoms with E-state index in [2.05, 4.69) is 5.16 Å². The Labute approximate surface area is 287 Å². The van der Waals surface area contributed by atoms with Crippen LogP contribution in [-0.4, -0.2) is 111 Å². The third kappa shape index (κ3) is 4.20. The summed E-state index contributed by atoms with van der Waals surface area (Å²) in [7, 11) is 5.74. The number of aliphatic hydroxyl groups is 1. The lowest BCUT2D eigenvalue weighted by Crippen LogP contribution is -2.72. The van der Waals surface area contributed by atoms with Crippen LogP contribution in [0.3, 0.4) is 0 Å². The summed E-state index contributed by atoms with van der Waals surface area (Å²) in [6.07, 6.45) is -4.34. The number of benzene rings is 1. The minimum atomic E-state index is -1.78. The number of fused-ring (bicyclic) bond motifs is 2. The van der Waals surface area contributed by atoms with E-state index < -0.39 is 99.4 Å². The topological polar surface area (TPSA) is 175 Å². The van der Waals surface area contributed by atoms with E-state index in [1.807, 2.05) is 0 Å². The standard InChI is InChI=1S/C34H40ClNO13/c1-15(37)46-21-11-20(35)34-19-12-32(41)22(44-5)13-33(49-16(2)38,23(19)28(32)48-29(39)17-7-9-18(43-4)10-8-17)24(27(34)36-45-6)25-26(34)31(21,14-42-3)30(40)47-25/h7-10,19-26,28,41H,11-14H2,1-6H3/b36-27+/t19-,20-,21-,22+,23-,24+,25+,26-,28-,31-,32+,33-,34+/m1/s1. The van der Waals surface area contributed by atoms with Crippen molar-refractivity contribution in [2.75, 3.05) is 35.0 Å². The van der Waals surface area contributed by atoms with Crippen LogP contribution in [0.25, 0.3) is 0 Å². The summed E-state index contributed by atoms with van der Waals surface area (Å²) in [4.78, 5) is 59.2. The second-order valence-corrected chi connectivity index (χ2v) is 14.6. The largest absolute Gasteiger partial charge is 0.497 e. The van der Waals surface area contributed by atoms with Gasteiger partial charge in [0.2, 0.25) is 0 Å². The van der Waals surface area contributed by atoms with Gasteiger partial charge in [0.05, 0.1) is 37.0 Å². The number of carbonyl (C=O) groups excluding carboxylic acids is 4. The first kappa shape index (κ1) is 34.0. The molecular formula is C34H40ClNO13. The number of methoxy groups -OCH3 is 3. The molecule has 6 aliphatic rings. The lowest BCUT2D eigenvalue weighted by atomic mass is 9.46. The SMILES string of the molecule is COC[C@@]12C(=O)O[C@H]3[C@H]4/C(=N\OC)[C@]([C@H](Cl)C[C@H]1OC(C)=O)([C@@H]1C[C@]5(O)[C@@H](OC)C[C@@]4(OC(C)=O)[C@H]1[C@H]5OC(=O)c1ccc(OC)cc1)[C@H]32. The first-order valence-corrected chi connectivity index (χ1v) is 16.7. The van der Waals surface area contributed by atoms with Crippen molar-refractivity contribution < 1.29 is 62.3 Å². The predicted molar refractivity (Wildman–Crippen MR) is 167 cm³/mol. The monoisotopic (exact) mass is 705 g/mol. The number of hydrogen-bond donors (Lipinski definition) is 1. The maximum Gasteiger partial charge on any atom is 0.338 e. The van der Waals surface area contributed by atoms with Crippen LogP contribution < -0.4 is 4.74 Å². The number of carbonyl (C=O) groups is 4. The molecule has 1 heterocycles. The maximum atomic E-state index is 14.3. The summed E-state index contributed by atoms with van der Waals surface area (Å²) in [6, 6.07) is 6.33. The number of rotatable bonds is 9. The number of halogens is 1. The predicted octanol–water partition coefficient (Wildman–Crippen LogP) is 2.06. The molecule has 1 aliphatic heterocycles. The minimum Gasteiger partial charge on any atom is -0.497 e. The molecule has 0 unspecified atom stereocenters. The summed E-state index contributed by atoms with van der Waals surface area (Å²) in [6.45, 7) is 2.33. The van der Waals surface area contributed by atoms with Gasteiger partial charge in [-0.25, -0.2) is 4.79 Å². The van der Waals surface area contributed by atoms with Crippen LogP contribution >= 0.6 is 11.6 Å². The van der Waals surface area contributed by atoms with Gasteiger partial charge in [0, 0.05) is 63.5 Å². The van der Waals surface area contributed by atoms with Crippen LogP contribution in [0.2, 0.25) is 0 Å². The van der Waals surface area contributed by atoms with E-state index in [9.17, 15) is 24.3 Å². The maximum absolute atomic E-state index is 14.3. The lowest BCUT2D eigenvalue weighted by molar-refractivity contribution is -0.245. The van der Waals surface area contributed by atoms with Gasteiger partial charge in [0.1, 0.15) is 47.8 Å². The van der Waals surface area contributed by atoms with Crippen LogP contribution in [0, 0.1) is 34.5 Å². The third-order valence-electron chi connectivity index (χ3n) is 12.2. The fourth-order valence-corrected chi connectivity index (χ4v) is 11.6. The number of nitrogens with zero attached hydrogens (tertiary/aromatic N) is 1. The molecule has 15 heteroatoms. The van der Waals surface area contributed by atoms with Gasteiger partial charge >= 0.3 is 23.9 Å². The van der Waals surface area contributed by atoms with E-state index in [4.69, 9.17) is 49.6 Å². The highest BCUT2D eigenvalue weighted by atomic mass is 35.5. The summed E-state index contributed by atoms with van der Waals surface area (Å²) in [5.74, 6) is -5.46. The van der Waals surface area contributed by atoms with Crippen molar-refractivity contribution in [1.82, 2.24) is 0 Å². The molecule has 13 atom stereocenters. The number of oxime groups is 1. The molecule has 1 aromatic carbocycles. The average molecular weight is 706 g/mol. The molecule has 1 saturated heterocycles. The van der Waals surface area contributed by atoms with Gasteiger partial charge in [-0.15, -0.1) is 11.6 Å². The van der Waals surface area contributed by atoms with Crippen LogP contribution in [0.5, 0.6) is 5.75 Å². The summed E-state index contributed by atoms with van der Waals surface area (Å²) in [5, 5.41) is 16.4. The van der Waals surface area contributed by atoms with Crippen molar-refractivity contribution >= 4 is 41.2 Å². The number of ether oxygens (including phenoxy) is 7. The van der Waals surface area contributed by atoms with Gasteiger partial charge in [0.25, 0.3) is 0 Å². The molecule has 1 aromatic rings. The first-order valence-electron chi connectivity index (χ1n) is 16.2. The van der Waals surface area contributed by atoms with E-state index in [0.29, 0.717) is 11.5 Å². The zero-order valence-electron chi connectivity index (χ0n) is 28.0. The average Bonchev–Trinajstić information content (AvgIpc) is 3.58. The van der Waals surface area contributed by atoms with Crippen molar-refractivity contribution in [3.63, 3.8) is 0 Å². The molecule has 5 aliphatic carbocycles. The van der Waals surface area contributed by atoms with Gasteiger partial charge in [-0.05, 0) is 36.6 Å². The molecule has 0 amide bonds. The molecule has 6 fully saturated rings. The van der Waals surface area contributed by atoms with E-state index >= 15 is 0 Å². The fraction of sp³-hybridized carbons (Fsp3) is 0.676. The zero-order chi connectivity index (χ0) is 35.3. The molecule has 14 nitrogen and oxygen atoms in total. The quantitative estimate of drug-likeness (QED) is 0.171. The summed E-state index contributed by atoms with van der Waals surface area (Å²) in [5.41, 5.74) is -5.54. The number of hydrogen-bond acceptors (Lipinski definition) is 14. The molecule has 49 heavy (non-hydrogen) atoms. The second-order valence-electron chi connectivity index (χ2n) is 14.1. The lowest BCUT2D eigenvalue weighted by Gasteiger charge is -2.60. The number of alkyl halides is 1. The fourth-order valence-electron chi connectivity index (χ4n) is 11.0. The van der Waals surface area contributed by atoms with Crippen LogP contribution in [0.4, 0.5) is 0 Å². The smallest absolute Gasteiger partial charge is 0.338 e. The minimum absolute atomic E-state index is 0.00446. The molecule has 5 saturated carbocycles. The molecular weight excluding hydrogens is 666 g/mol. The third-order valence-corrected chi connectivity index (χ3v) is 12.8. The highest BCUT2D eigenvalue weighted by Gasteiger charge is 2.91. The Morgan fingerprint density at radius 1 is 1.02 bits per heavy atom. The Morgan fingerprint density at radius 3 is 2.33 bits per heavy atom. The molecule has 4 bridgehead atoms. The Bertz CT molecular complexity index is 1600. The zero-order valence-corrected chi connectivity index (χ0v) is 28.8. The molecule has 7 rings (SSSR count). The van der Waals surface area contributed by atoms with Gasteiger partial charge in [0.15, 0.2) is 0 Å². The van der Waals surface area contributed by atoms with Gasteiger partial charge in [-0.2, -0.15) is 0 Å². The van der Waals surface area contributed by atoms with E-state index in [1.165, 1.54) is 42.3 Å². The molecule has 1 N–H and O–H groups in total. The highest BCUT2D eigenvalue weighted by molar-refractivity contribution is 6.24. The number of esters is 4. The molecule has 0 radical (unpaired) electrons. The first-order chi connectivity index (χ1) is 23.3. The van der Waals surface area contributed by atoms with E-state index in [1.54, 1.807) is 24.3 Å². The van der Waals surface area contributed by atoms with E-state index in [-0.39, 0.29) is 31.4 Å². The van der Waals surface area contributed by atoms with Gasteiger partial charge < -0.3 is 43.1 Å². The van der Waals surface area contributed by atoms with Crippen molar-refractivity contribution in [2.45, 2.75) is 74.1 Å². The molecule has 0 spiro atoms. The van der Waals surface area contributed by atoms with Crippen LogP contribution in [0.15, 0.2) is 29.4 Å². The summed E-state index contributed by atoms with van der Waals surface area (Å²) >= 11 is 7.50.